The molecule has 0 unspecified atom stereocenters. The van der Waals surface area contributed by atoms with Crippen LogP contribution in [0.1, 0.15) is 0 Å². The summed E-state index contributed by atoms with van der Waals surface area (Å²) < 4.78 is 40.7. The van der Waals surface area contributed by atoms with Crippen LogP contribution in [0.3, 0.4) is 0 Å². The van der Waals surface area contributed by atoms with Gasteiger partial charge in [0.15, 0.2) is 5.75 Å². The summed E-state index contributed by atoms with van der Waals surface area (Å²) in [5.41, 5.74) is 0.492. The summed E-state index contributed by atoms with van der Waals surface area (Å²) in [6, 6.07) is 6.23. The van der Waals surface area contributed by atoms with Gasteiger partial charge in [-0.15, -0.1) is 25.6 Å². The first kappa shape index (κ1) is 14.9. The molecule has 1 heterocycles. The largest absolute Gasteiger partial charge is 0.573 e. The van der Waals surface area contributed by atoms with E-state index < -0.39 is 6.36 Å². The number of nitrogens with one attached hydrogen (secondary N) is 1. The van der Waals surface area contributed by atoms with Crippen molar-refractivity contribution in [3.63, 3.8) is 0 Å². The fourth-order valence-electron chi connectivity index (χ4n) is 1.84. The van der Waals surface area contributed by atoms with E-state index in [9.17, 15) is 13.2 Å². The van der Waals surface area contributed by atoms with Crippen molar-refractivity contribution in [2.24, 2.45) is 0 Å². The number of ether oxygens (including phenoxy) is 1. The van der Waals surface area contributed by atoms with Crippen LogP contribution >= 0.6 is 12.4 Å². The molecule has 1 aromatic rings. The number of anilines is 1. The highest BCUT2D eigenvalue weighted by atomic mass is 35.5. The van der Waals surface area contributed by atoms with Crippen LogP contribution in [0.2, 0.25) is 0 Å². The Morgan fingerprint density at radius 2 is 1.72 bits per heavy atom. The Morgan fingerprint density at radius 3 is 2.33 bits per heavy atom. The highest BCUT2D eigenvalue weighted by molar-refractivity contribution is 5.85. The molecule has 1 fully saturated rings. The number of piperazine rings is 1. The molecule has 1 aliphatic rings. The quantitative estimate of drug-likeness (QED) is 0.902. The SMILES string of the molecule is Cl.FC(F)(F)Oc1ccccc1N1CCNCC1. The van der Waals surface area contributed by atoms with Crippen LogP contribution in [0.15, 0.2) is 24.3 Å². The molecular formula is C11H14ClF3N2O. The van der Waals surface area contributed by atoms with E-state index in [4.69, 9.17) is 0 Å². The van der Waals surface area contributed by atoms with Crippen LogP contribution in [-0.4, -0.2) is 32.5 Å². The lowest BCUT2D eigenvalue weighted by Gasteiger charge is -2.30. The highest BCUT2D eigenvalue weighted by Crippen LogP contribution is 2.32. The minimum atomic E-state index is -4.65. The number of alkyl halides is 3. The van der Waals surface area contributed by atoms with E-state index in [1.165, 1.54) is 12.1 Å². The summed E-state index contributed by atoms with van der Waals surface area (Å²) in [7, 11) is 0. The lowest BCUT2D eigenvalue weighted by atomic mass is 10.2. The van der Waals surface area contributed by atoms with Crippen LogP contribution in [0.4, 0.5) is 18.9 Å². The van der Waals surface area contributed by atoms with Crippen LogP contribution in [0.5, 0.6) is 5.75 Å². The molecule has 18 heavy (non-hydrogen) atoms. The third kappa shape index (κ3) is 3.96. The molecule has 1 saturated heterocycles. The normalized spacial score (nSPS) is 16.1. The molecule has 0 spiro atoms. The number of para-hydroxylation sites is 2. The zero-order chi connectivity index (χ0) is 12.3. The Kier molecular flexibility index (Phi) is 5.10. The average molecular weight is 283 g/mol. The van der Waals surface area contributed by atoms with E-state index in [1.54, 1.807) is 12.1 Å². The second kappa shape index (κ2) is 6.15. The number of rotatable bonds is 2. The van der Waals surface area contributed by atoms with Crippen LogP contribution in [-0.2, 0) is 0 Å². The molecule has 0 amide bonds. The zero-order valence-corrected chi connectivity index (χ0v) is 10.4. The Labute approximate surface area is 109 Å². The molecule has 0 aromatic heterocycles. The van der Waals surface area contributed by atoms with E-state index in [0.29, 0.717) is 18.8 Å². The molecule has 7 heteroatoms. The topological polar surface area (TPSA) is 24.5 Å². The number of hydrogen-bond donors (Lipinski definition) is 1. The van der Waals surface area contributed by atoms with Crippen molar-refractivity contribution in [2.45, 2.75) is 6.36 Å². The fourth-order valence-corrected chi connectivity index (χ4v) is 1.84. The second-order valence-electron chi connectivity index (χ2n) is 3.75. The minimum Gasteiger partial charge on any atom is -0.404 e. The maximum absolute atomic E-state index is 12.2. The third-order valence-corrected chi connectivity index (χ3v) is 2.55. The van der Waals surface area contributed by atoms with Crippen molar-refractivity contribution in [3.8, 4) is 5.75 Å². The number of benzene rings is 1. The molecule has 1 aliphatic heterocycles. The van der Waals surface area contributed by atoms with Gasteiger partial charge in [0, 0.05) is 26.2 Å². The smallest absolute Gasteiger partial charge is 0.404 e. The van der Waals surface area contributed by atoms with Gasteiger partial charge in [0.25, 0.3) is 0 Å². The van der Waals surface area contributed by atoms with E-state index in [2.05, 4.69) is 10.1 Å². The lowest BCUT2D eigenvalue weighted by molar-refractivity contribution is -0.274. The van der Waals surface area contributed by atoms with Crippen LogP contribution < -0.4 is 15.0 Å². The van der Waals surface area contributed by atoms with Crippen LogP contribution in [0.25, 0.3) is 0 Å². The molecule has 0 atom stereocenters. The summed E-state index contributed by atoms with van der Waals surface area (Å²) in [6.07, 6.45) is -4.65. The van der Waals surface area contributed by atoms with Gasteiger partial charge in [0.1, 0.15) is 0 Å². The Hall–Kier alpha value is -1.14. The van der Waals surface area contributed by atoms with Crippen molar-refractivity contribution < 1.29 is 17.9 Å². The molecule has 0 saturated carbocycles. The third-order valence-electron chi connectivity index (χ3n) is 2.55. The Bertz CT molecular complexity index is 381. The maximum atomic E-state index is 12.2. The number of nitrogens with zero attached hydrogens (tertiary/aromatic N) is 1. The van der Waals surface area contributed by atoms with Gasteiger partial charge in [0.05, 0.1) is 5.69 Å². The summed E-state index contributed by atoms with van der Waals surface area (Å²) in [5, 5.41) is 3.15. The predicted molar refractivity (Wildman–Crippen MR) is 65.5 cm³/mol. The summed E-state index contributed by atoms with van der Waals surface area (Å²) in [5.74, 6) is -0.137. The van der Waals surface area contributed by atoms with Crippen molar-refractivity contribution in [3.05, 3.63) is 24.3 Å². The Balaban J connectivity index is 0.00000162. The van der Waals surface area contributed by atoms with Gasteiger partial charge in [-0.2, -0.15) is 0 Å². The van der Waals surface area contributed by atoms with Gasteiger partial charge in [-0.3, -0.25) is 0 Å². The molecule has 0 bridgehead atoms. The average Bonchev–Trinajstić information content (AvgIpc) is 2.29. The fraction of sp³-hybridized carbons (Fsp3) is 0.455. The first-order valence-corrected chi connectivity index (χ1v) is 5.37. The number of halogens is 4. The van der Waals surface area contributed by atoms with Crippen molar-refractivity contribution >= 4 is 18.1 Å². The van der Waals surface area contributed by atoms with Gasteiger partial charge in [-0.1, -0.05) is 12.1 Å². The molecular weight excluding hydrogens is 269 g/mol. The molecule has 0 radical (unpaired) electrons. The molecule has 1 aromatic carbocycles. The Morgan fingerprint density at radius 1 is 1.11 bits per heavy atom. The maximum Gasteiger partial charge on any atom is 0.573 e. The van der Waals surface area contributed by atoms with Gasteiger partial charge in [0.2, 0.25) is 0 Å². The lowest BCUT2D eigenvalue weighted by Crippen LogP contribution is -2.43. The van der Waals surface area contributed by atoms with Gasteiger partial charge in [-0.05, 0) is 12.1 Å². The monoisotopic (exact) mass is 282 g/mol. The predicted octanol–water partition coefficient (Wildman–Crippen LogP) is 2.42. The summed E-state index contributed by atoms with van der Waals surface area (Å²) in [6.45, 7) is 2.89. The van der Waals surface area contributed by atoms with Gasteiger partial charge in [-0.25, -0.2) is 0 Å². The van der Waals surface area contributed by atoms with E-state index in [-0.39, 0.29) is 18.2 Å². The minimum absolute atomic E-state index is 0. The summed E-state index contributed by atoms with van der Waals surface area (Å²) in [4.78, 5) is 1.89. The van der Waals surface area contributed by atoms with Crippen LogP contribution in [0, 0.1) is 0 Å². The molecule has 0 aliphatic carbocycles. The van der Waals surface area contributed by atoms with E-state index in [0.717, 1.165) is 13.1 Å². The molecule has 2 rings (SSSR count). The molecule has 1 N–H and O–H groups in total. The standard InChI is InChI=1S/C11H13F3N2O.ClH/c12-11(13,14)17-10-4-2-1-3-9(10)16-7-5-15-6-8-16;/h1-4,15H,5-8H2;1H. The van der Waals surface area contributed by atoms with E-state index in [1.807, 2.05) is 4.90 Å². The van der Waals surface area contributed by atoms with Gasteiger partial charge >= 0.3 is 6.36 Å². The summed E-state index contributed by atoms with van der Waals surface area (Å²) >= 11 is 0. The van der Waals surface area contributed by atoms with Gasteiger partial charge < -0.3 is 15.0 Å². The zero-order valence-electron chi connectivity index (χ0n) is 9.54. The first-order valence-electron chi connectivity index (χ1n) is 5.37. The van der Waals surface area contributed by atoms with Crippen molar-refractivity contribution in [1.82, 2.24) is 5.32 Å². The second-order valence-corrected chi connectivity index (χ2v) is 3.75. The number of hydrogen-bond acceptors (Lipinski definition) is 3. The molecule has 102 valence electrons. The highest BCUT2D eigenvalue weighted by Gasteiger charge is 2.32. The van der Waals surface area contributed by atoms with Crippen molar-refractivity contribution in [2.75, 3.05) is 31.1 Å². The first-order chi connectivity index (χ1) is 8.06. The van der Waals surface area contributed by atoms with Crippen molar-refractivity contribution in [1.29, 1.82) is 0 Å². The van der Waals surface area contributed by atoms with E-state index >= 15 is 0 Å². The molecule has 3 nitrogen and oxygen atoms in total.